The largest absolute Gasteiger partial charge is 0.409 e. The maximum atomic E-state index is 11.9. The molecular formula is C11H14ClN3O2S. The highest BCUT2D eigenvalue weighted by atomic mass is 35.5. The number of hydrogen-bond acceptors (Lipinski definition) is 4. The van der Waals surface area contributed by atoms with Gasteiger partial charge in [-0.25, -0.2) is 0 Å². The van der Waals surface area contributed by atoms with E-state index in [1.54, 1.807) is 0 Å². The highest BCUT2D eigenvalue weighted by Crippen LogP contribution is 2.45. The van der Waals surface area contributed by atoms with Crippen molar-refractivity contribution in [3.63, 3.8) is 0 Å². The fraction of sp³-hybridized carbons (Fsp3) is 0.455. The molecule has 1 amide bonds. The Balaban J connectivity index is 1.82. The number of oxime groups is 1. The minimum absolute atomic E-state index is 0.000770. The topological polar surface area (TPSA) is 87.7 Å². The monoisotopic (exact) mass is 287 g/mol. The highest BCUT2D eigenvalue weighted by molar-refractivity contribution is 7.16. The second-order valence-electron chi connectivity index (χ2n) is 4.28. The molecular weight excluding hydrogens is 274 g/mol. The summed E-state index contributed by atoms with van der Waals surface area (Å²) in [5.41, 5.74) is 4.75. The quantitative estimate of drug-likeness (QED) is 0.333. The van der Waals surface area contributed by atoms with Crippen LogP contribution in [0.2, 0.25) is 4.34 Å². The number of nitrogens with zero attached hydrogens (tertiary/aromatic N) is 1. The SMILES string of the molecule is N/C(=N/O)C1(C(=O)NCCc2ccc(Cl)s2)CC1. The van der Waals surface area contributed by atoms with Crippen LogP contribution in [0, 0.1) is 5.41 Å². The Morgan fingerprint density at radius 3 is 2.83 bits per heavy atom. The zero-order valence-corrected chi connectivity index (χ0v) is 11.2. The van der Waals surface area contributed by atoms with Crippen LogP contribution in [-0.4, -0.2) is 23.5 Å². The predicted molar refractivity (Wildman–Crippen MR) is 71.1 cm³/mol. The molecule has 0 atom stereocenters. The van der Waals surface area contributed by atoms with E-state index in [4.69, 9.17) is 22.5 Å². The van der Waals surface area contributed by atoms with Gasteiger partial charge in [-0.2, -0.15) is 0 Å². The standard InChI is InChI=1S/C11H14ClN3O2S/c12-8-2-1-7(18-8)3-6-14-10(16)11(4-5-11)9(13)15-17/h1-2,17H,3-6H2,(H2,13,15)(H,14,16). The predicted octanol–water partition coefficient (Wildman–Crippen LogP) is 1.59. The Labute approximate surface area is 114 Å². The van der Waals surface area contributed by atoms with Gasteiger partial charge in [-0.3, -0.25) is 4.79 Å². The summed E-state index contributed by atoms with van der Waals surface area (Å²) in [4.78, 5) is 13.0. The van der Waals surface area contributed by atoms with Gasteiger partial charge in [0.2, 0.25) is 5.91 Å². The van der Waals surface area contributed by atoms with E-state index in [-0.39, 0.29) is 11.7 Å². The van der Waals surface area contributed by atoms with Crippen molar-refractivity contribution in [3.8, 4) is 0 Å². The van der Waals surface area contributed by atoms with Crippen LogP contribution in [0.15, 0.2) is 17.3 Å². The van der Waals surface area contributed by atoms with Gasteiger partial charge >= 0.3 is 0 Å². The molecule has 1 fully saturated rings. The summed E-state index contributed by atoms with van der Waals surface area (Å²) < 4.78 is 0.742. The van der Waals surface area contributed by atoms with Crippen molar-refractivity contribution in [2.45, 2.75) is 19.3 Å². The molecule has 0 aromatic carbocycles. The number of carbonyl (C=O) groups excluding carboxylic acids is 1. The lowest BCUT2D eigenvalue weighted by Gasteiger charge is -2.13. The Kier molecular flexibility index (Phi) is 3.77. The lowest BCUT2D eigenvalue weighted by atomic mass is 10.1. The molecule has 0 bridgehead atoms. The van der Waals surface area contributed by atoms with E-state index < -0.39 is 5.41 Å². The van der Waals surface area contributed by atoms with Crippen LogP contribution in [0.1, 0.15) is 17.7 Å². The Morgan fingerprint density at radius 2 is 2.33 bits per heavy atom. The minimum Gasteiger partial charge on any atom is -0.409 e. The van der Waals surface area contributed by atoms with Crippen LogP contribution in [-0.2, 0) is 11.2 Å². The summed E-state index contributed by atoms with van der Waals surface area (Å²) in [7, 11) is 0. The fourth-order valence-corrected chi connectivity index (χ4v) is 2.86. The molecule has 1 aliphatic rings. The maximum absolute atomic E-state index is 11.9. The van der Waals surface area contributed by atoms with Gasteiger partial charge in [-0.05, 0) is 31.4 Å². The number of hydrogen-bond donors (Lipinski definition) is 3. The van der Waals surface area contributed by atoms with E-state index in [2.05, 4.69) is 10.5 Å². The van der Waals surface area contributed by atoms with E-state index in [0.29, 0.717) is 19.4 Å². The normalized spacial score (nSPS) is 17.5. The Hall–Kier alpha value is -1.27. The average Bonchev–Trinajstić information content (AvgIpc) is 3.07. The minimum atomic E-state index is -0.776. The molecule has 0 unspecified atom stereocenters. The molecule has 1 heterocycles. The molecule has 1 aliphatic carbocycles. The van der Waals surface area contributed by atoms with Crippen LogP contribution in [0.25, 0.3) is 0 Å². The van der Waals surface area contributed by atoms with E-state index in [9.17, 15) is 4.79 Å². The molecule has 0 radical (unpaired) electrons. The summed E-state index contributed by atoms with van der Waals surface area (Å²) in [6.45, 7) is 0.524. The summed E-state index contributed by atoms with van der Waals surface area (Å²) in [5, 5.41) is 14.4. The first-order valence-electron chi connectivity index (χ1n) is 5.59. The smallest absolute Gasteiger partial charge is 0.233 e. The number of thiophene rings is 1. The third-order valence-electron chi connectivity index (χ3n) is 3.07. The van der Waals surface area contributed by atoms with Crippen molar-refractivity contribution in [1.82, 2.24) is 5.32 Å². The van der Waals surface area contributed by atoms with Crippen molar-refractivity contribution in [2.24, 2.45) is 16.3 Å². The van der Waals surface area contributed by atoms with Crippen LogP contribution < -0.4 is 11.1 Å². The molecule has 0 aliphatic heterocycles. The zero-order valence-electron chi connectivity index (χ0n) is 9.65. The van der Waals surface area contributed by atoms with Crippen molar-refractivity contribution >= 4 is 34.7 Å². The fourth-order valence-electron chi connectivity index (χ4n) is 1.77. The van der Waals surface area contributed by atoms with E-state index in [1.807, 2.05) is 12.1 Å². The van der Waals surface area contributed by atoms with Crippen molar-refractivity contribution in [1.29, 1.82) is 0 Å². The molecule has 1 saturated carbocycles. The number of amidine groups is 1. The van der Waals surface area contributed by atoms with Gasteiger partial charge in [-0.1, -0.05) is 16.8 Å². The number of nitrogens with two attached hydrogens (primary N) is 1. The zero-order chi connectivity index (χ0) is 13.2. The number of halogens is 1. The highest BCUT2D eigenvalue weighted by Gasteiger charge is 2.54. The van der Waals surface area contributed by atoms with Gasteiger partial charge < -0.3 is 16.3 Å². The van der Waals surface area contributed by atoms with Crippen LogP contribution >= 0.6 is 22.9 Å². The number of carbonyl (C=O) groups is 1. The van der Waals surface area contributed by atoms with Crippen LogP contribution in [0.3, 0.4) is 0 Å². The van der Waals surface area contributed by atoms with E-state index >= 15 is 0 Å². The van der Waals surface area contributed by atoms with Gasteiger partial charge in [0.15, 0.2) is 5.84 Å². The molecule has 0 saturated heterocycles. The Morgan fingerprint density at radius 1 is 1.61 bits per heavy atom. The van der Waals surface area contributed by atoms with Crippen LogP contribution in [0.5, 0.6) is 0 Å². The molecule has 0 spiro atoms. The van der Waals surface area contributed by atoms with Crippen molar-refractivity contribution < 1.29 is 10.0 Å². The van der Waals surface area contributed by atoms with Gasteiger partial charge in [-0.15, -0.1) is 11.3 Å². The molecule has 5 nitrogen and oxygen atoms in total. The summed E-state index contributed by atoms with van der Waals surface area (Å²) in [5.74, 6) is -0.167. The third-order valence-corrected chi connectivity index (χ3v) is 4.36. The van der Waals surface area contributed by atoms with Gasteiger partial charge in [0, 0.05) is 11.4 Å². The van der Waals surface area contributed by atoms with E-state index in [1.165, 1.54) is 11.3 Å². The number of amides is 1. The average molecular weight is 288 g/mol. The van der Waals surface area contributed by atoms with Gasteiger partial charge in [0.25, 0.3) is 0 Å². The van der Waals surface area contributed by atoms with Gasteiger partial charge in [0.1, 0.15) is 5.41 Å². The first-order valence-corrected chi connectivity index (χ1v) is 6.78. The lowest BCUT2D eigenvalue weighted by molar-refractivity contribution is -0.124. The molecule has 7 heteroatoms. The number of nitrogens with one attached hydrogen (secondary N) is 1. The lowest BCUT2D eigenvalue weighted by Crippen LogP contribution is -2.41. The maximum Gasteiger partial charge on any atom is 0.233 e. The molecule has 4 N–H and O–H groups in total. The molecule has 1 aromatic rings. The molecule has 98 valence electrons. The molecule has 18 heavy (non-hydrogen) atoms. The van der Waals surface area contributed by atoms with Crippen molar-refractivity contribution in [2.75, 3.05) is 6.54 Å². The van der Waals surface area contributed by atoms with Crippen LogP contribution in [0.4, 0.5) is 0 Å². The first-order chi connectivity index (χ1) is 8.58. The Bertz CT molecular complexity index is 482. The molecule has 1 aromatic heterocycles. The summed E-state index contributed by atoms with van der Waals surface area (Å²) >= 11 is 7.31. The summed E-state index contributed by atoms with van der Waals surface area (Å²) in [6.07, 6.45) is 2.01. The second kappa shape index (κ2) is 5.16. The third kappa shape index (κ3) is 2.59. The summed E-state index contributed by atoms with van der Waals surface area (Å²) in [6, 6.07) is 3.78. The first kappa shape index (κ1) is 13.2. The molecule has 2 rings (SSSR count). The van der Waals surface area contributed by atoms with Crippen molar-refractivity contribution in [3.05, 3.63) is 21.3 Å². The van der Waals surface area contributed by atoms with Gasteiger partial charge in [0.05, 0.1) is 4.34 Å². The second-order valence-corrected chi connectivity index (χ2v) is 6.08. The van der Waals surface area contributed by atoms with E-state index in [0.717, 1.165) is 15.6 Å². The number of rotatable bonds is 5.